The SMILES string of the molecule is O=C(COc1ccc2c(c1)NC(=O)CO2)Nc1cccc([N+](=O)[O-])c1. The minimum atomic E-state index is -0.546. The predicted molar refractivity (Wildman–Crippen MR) is 87.8 cm³/mol. The summed E-state index contributed by atoms with van der Waals surface area (Å²) in [6, 6.07) is 10.4. The highest BCUT2D eigenvalue weighted by molar-refractivity contribution is 5.95. The Morgan fingerprint density at radius 2 is 2.16 bits per heavy atom. The number of nitrogens with zero attached hydrogens (tertiary/aromatic N) is 1. The lowest BCUT2D eigenvalue weighted by molar-refractivity contribution is -0.384. The van der Waals surface area contributed by atoms with E-state index in [9.17, 15) is 19.7 Å². The molecule has 0 atom stereocenters. The Labute approximate surface area is 141 Å². The maximum atomic E-state index is 11.9. The fourth-order valence-electron chi connectivity index (χ4n) is 2.20. The lowest BCUT2D eigenvalue weighted by Crippen LogP contribution is -2.25. The van der Waals surface area contributed by atoms with E-state index in [4.69, 9.17) is 9.47 Å². The van der Waals surface area contributed by atoms with Gasteiger partial charge in [0.15, 0.2) is 13.2 Å². The Balaban J connectivity index is 1.59. The van der Waals surface area contributed by atoms with Crippen molar-refractivity contribution in [3.63, 3.8) is 0 Å². The van der Waals surface area contributed by atoms with Gasteiger partial charge in [0.25, 0.3) is 17.5 Å². The summed E-state index contributed by atoms with van der Waals surface area (Å²) < 4.78 is 10.6. The molecule has 2 N–H and O–H groups in total. The zero-order valence-corrected chi connectivity index (χ0v) is 12.9. The molecule has 25 heavy (non-hydrogen) atoms. The van der Waals surface area contributed by atoms with E-state index in [-0.39, 0.29) is 24.8 Å². The summed E-state index contributed by atoms with van der Waals surface area (Å²) in [4.78, 5) is 33.4. The summed E-state index contributed by atoms with van der Waals surface area (Å²) in [7, 11) is 0. The Morgan fingerprint density at radius 1 is 1.32 bits per heavy atom. The Kier molecular flexibility index (Phi) is 4.46. The summed E-state index contributed by atoms with van der Waals surface area (Å²) >= 11 is 0. The van der Waals surface area contributed by atoms with Gasteiger partial charge in [0.05, 0.1) is 10.6 Å². The largest absolute Gasteiger partial charge is 0.484 e. The molecule has 1 aliphatic rings. The first-order valence-corrected chi connectivity index (χ1v) is 7.25. The number of hydrogen-bond acceptors (Lipinski definition) is 6. The van der Waals surface area contributed by atoms with Crippen molar-refractivity contribution < 1.29 is 24.0 Å². The van der Waals surface area contributed by atoms with E-state index in [1.807, 2.05) is 0 Å². The number of amides is 2. The van der Waals surface area contributed by atoms with Crippen molar-refractivity contribution >= 4 is 28.9 Å². The molecule has 0 saturated carbocycles. The van der Waals surface area contributed by atoms with E-state index in [1.54, 1.807) is 18.2 Å². The maximum Gasteiger partial charge on any atom is 0.271 e. The number of anilines is 2. The minimum Gasteiger partial charge on any atom is -0.484 e. The van der Waals surface area contributed by atoms with Gasteiger partial charge in [-0.1, -0.05) is 6.07 Å². The number of carbonyl (C=O) groups is 2. The number of hydrogen-bond donors (Lipinski definition) is 2. The lowest BCUT2D eigenvalue weighted by Gasteiger charge is -2.18. The zero-order valence-electron chi connectivity index (χ0n) is 12.9. The lowest BCUT2D eigenvalue weighted by atomic mass is 10.2. The number of nitro benzene ring substituents is 1. The molecule has 0 unspecified atom stereocenters. The second kappa shape index (κ2) is 6.87. The van der Waals surface area contributed by atoms with Crippen molar-refractivity contribution in [2.75, 3.05) is 23.8 Å². The molecule has 0 fully saturated rings. The molecule has 0 saturated heterocycles. The molecule has 0 bridgehead atoms. The molecule has 2 aromatic carbocycles. The van der Waals surface area contributed by atoms with Crippen molar-refractivity contribution in [1.82, 2.24) is 0 Å². The molecule has 0 aliphatic carbocycles. The van der Waals surface area contributed by atoms with Crippen LogP contribution in [0.2, 0.25) is 0 Å². The highest BCUT2D eigenvalue weighted by atomic mass is 16.6. The summed E-state index contributed by atoms with van der Waals surface area (Å²) in [5.41, 5.74) is 0.644. The van der Waals surface area contributed by atoms with Gasteiger partial charge in [0.2, 0.25) is 0 Å². The number of ether oxygens (including phenoxy) is 2. The first-order chi connectivity index (χ1) is 12.0. The molecule has 0 spiro atoms. The number of nitrogens with one attached hydrogen (secondary N) is 2. The number of rotatable bonds is 5. The second-order valence-electron chi connectivity index (χ2n) is 5.14. The smallest absolute Gasteiger partial charge is 0.271 e. The number of non-ortho nitro benzene ring substituents is 1. The van der Waals surface area contributed by atoms with Crippen LogP contribution in [0.25, 0.3) is 0 Å². The fraction of sp³-hybridized carbons (Fsp3) is 0.125. The second-order valence-corrected chi connectivity index (χ2v) is 5.14. The van der Waals surface area contributed by atoms with Crippen molar-refractivity contribution in [2.24, 2.45) is 0 Å². The molecule has 9 nitrogen and oxygen atoms in total. The summed E-state index contributed by atoms with van der Waals surface area (Å²) in [6.45, 7) is -0.338. The fourth-order valence-corrected chi connectivity index (χ4v) is 2.20. The van der Waals surface area contributed by atoms with Crippen molar-refractivity contribution in [3.05, 3.63) is 52.6 Å². The van der Waals surface area contributed by atoms with E-state index in [0.717, 1.165) is 0 Å². The molecule has 2 amide bonds. The van der Waals surface area contributed by atoms with Gasteiger partial charge in [-0.25, -0.2) is 0 Å². The molecule has 1 heterocycles. The van der Waals surface area contributed by atoms with Gasteiger partial charge in [0.1, 0.15) is 11.5 Å². The number of nitro groups is 1. The molecular weight excluding hydrogens is 330 g/mol. The third kappa shape index (κ3) is 4.02. The highest BCUT2D eigenvalue weighted by Gasteiger charge is 2.16. The normalized spacial score (nSPS) is 12.4. The van der Waals surface area contributed by atoms with Crippen molar-refractivity contribution in [2.45, 2.75) is 0 Å². The van der Waals surface area contributed by atoms with Crippen LogP contribution in [0.5, 0.6) is 11.5 Å². The molecule has 0 radical (unpaired) electrons. The zero-order chi connectivity index (χ0) is 17.8. The van der Waals surface area contributed by atoms with Crippen LogP contribution in [0.3, 0.4) is 0 Å². The average molecular weight is 343 g/mol. The van der Waals surface area contributed by atoms with Crippen LogP contribution in [0.1, 0.15) is 0 Å². The molecule has 3 rings (SSSR count). The highest BCUT2D eigenvalue weighted by Crippen LogP contribution is 2.31. The minimum absolute atomic E-state index is 0.0428. The Morgan fingerprint density at radius 3 is 2.96 bits per heavy atom. The van der Waals surface area contributed by atoms with Gasteiger partial charge in [0, 0.05) is 23.9 Å². The first kappa shape index (κ1) is 16.2. The van der Waals surface area contributed by atoms with Gasteiger partial charge < -0.3 is 20.1 Å². The van der Waals surface area contributed by atoms with Crippen LogP contribution in [0.15, 0.2) is 42.5 Å². The number of fused-ring (bicyclic) bond motifs is 1. The number of carbonyl (C=O) groups excluding carboxylic acids is 2. The number of benzene rings is 2. The molecule has 0 aromatic heterocycles. The third-order valence-electron chi connectivity index (χ3n) is 3.29. The van der Waals surface area contributed by atoms with Crippen LogP contribution < -0.4 is 20.1 Å². The van der Waals surface area contributed by atoms with Crippen molar-refractivity contribution in [1.29, 1.82) is 0 Å². The van der Waals surface area contributed by atoms with Crippen LogP contribution in [0.4, 0.5) is 17.1 Å². The standard InChI is InChI=1S/C16H13N3O6/c20-15(17-10-2-1-3-11(6-10)19(22)23)8-24-12-4-5-14-13(7-12)18-16(21)9-25-14/h1-7H,8-9H2,(H,17,20)(H,18,21). The molecular formula is C16H13N3O6. The van der Waals surface area contributed by atoms with E-state index >= 15 is 0 Å². The summed E-state index contributed by atoms with van der Waals surface area (Å²) in [5, 5.41) is 15.9. The van der Waals surface area contributed by atoms with Crippen LogP contribution in [-0.2, 0) is 9.59 Å². The average Bonchev–Trinajstić information content (AvgIpc) is 2.59. The molecule has 128 valence electrons. The Bertz CT molecular complexity index is 852. The van der Waals surface area contributed by atoms with Gasteiger partial charge in [-0.3, -0.25) is 19.7 Å². The van der Waals surface area contributed by atoms with Crippen LogP contribution in [0, 0.1) is 10.1 Å². The van der Waals surface area contributed by atoms with Gasteiger partial charge in [-0.2, -0.15) is 0 Å². The van der Waals surface area contributed by atoms with Gasteiger partial charge >= 0.3 is 0 Å². The van der Waals surface area contributed by atoms with Gasteiger partial charge in [-0.05, 0) is 18.2 Å². The molecule has 1 aliphatic heterocycles. The van der Waals surface area contributed by atoms with Gasteiger partial charge in [-0.15, -0.1) is 0 Å². The predicted octanol–water partition coefficient (Wildman–Crippen LogP) is 1.94. The third-order valence-corrected chi connectivity index (χ3v) is 3.29. The van der Waals surface area contributed by atoms with Crippen LogP contribution in [-0.4, -0.2) is 30.0 Å². The molecule has 2 aromatic rings. The van der Waals surface area contributed by atoms with Crippen LogP contribution >= 0.6 is 0 Å². The quantitative estimate of drug-likeness (QED) is 0.632. The Hall–Kier alpha value is -3.62. The van der Waals surface area contributed by atoms with E-state index in [1.165, 1.54) is 24.3 Å². The molecule has 9 heteroatoms. The first-order valence-electron chi connectivity index (χ1n) is 7.25. The summed E-state index contributed by atoms with van der Waals surface area (Å²) in [5.74, 6) is 0.151. The van der Waals surface area contributed by atoms with Crippen molar-refractivity contribution in [3.8, 4) is 11.5 Å². The summed E-state index contributed by atoms with van der Waals surface area (Å²) in [6.07, 6.45) is 0. The topological polar surface area (TPSA) is 120 Å². The maximum absolute atomic E-state index is 11.9. The van der Waals surface area contributed by atoms with E-state index < -0.39 is 10.8 Å². The monoisotopic (exact) mass is 343 g/mol. The van der Waals surface area contributed by atoms with E-state index in [2.05, 4.69) is 10.6 Å². The van der Waals surface area contributed by atoms with E-state index in [0.29, 0.717) is 22.9 Å².